The molecule has 2 N–H and O–H groups in total. The van der Waals surface area contributed by atoms with Crippen molar-refractivity contribution in [2.24, 2.45) is 0 Å². The highest BCUT2D eigenvalue weighted by Crippen LogP contribution is 2.33. The van der Waals surface area contributed by atoms with Crippen LogP contribution in [0.2, 0.25) is 0 Å². The molecule has 168 valence electrons. The predicted molar refractivity (Wildman–Crippen MR) is 128 cm³/mol. The van der Waals surface area contributed by atoms with Gasteiger partial charge in [0.2, 0.25) is 0 Å². The van der Waals surface area contributed by atoms with Crippen molar-refractivity contribution in [1.82, 2.24) is 20.2 Å². The minimum Gasteiger partial charge on any atom is -0.370 e. The molecule has 2 aliphatic rings. The third-order valence-corrected chi connectivity index (χ3v) is 5.90. The van der Waals surface area contributed by atoms with Crippen molar-refractivity contribution in [1.29, 1.82) is 0 Å². The van der Waals surface area contributed by atoms with Gasteiger partial charge in [0, 0.05) is 43.1 Å². The molecule has 4 rings (SSSR count). The minimum atomic E-state index is -0.424. The molecule has 1 amide bonds. The van der Waals surface area contributed by atoms with Gasteiger partial charge < -0.3 is 20.1 Å². The van der Waals surface area contributed by atoms with E-state index >= 15 is 0 Å². The summed E-state index contributed by atoms with van der Waals surface area (Å²) >= 11 is 0. The van der Waals surface area contributed by atoms with Gasteiger partial charge in [0.15, 0.2) is 0 Å². The summed E-state index contributed by atoms with van der Waals surface area (Å²) in [4.78, 5) is 20.2. The number of carbonyl (C=O) groups is 1. The first-order valence-electron chi connectivity index (χ1n) is 11.2. The number of rotatable bonds is 7. The first kappa shape index (κ1) is 22.0. The summed E-state index contributed by atoms with van der Waals surface area (Å²) in [6, 6.07) is 6.23. The number of carbonyl (C=O) groups excluding carboxylic acids is 1. The second-order valence-electron chi connectivity index (χ2n) is 7.93. The van der Waals surface area contributed by atoms with Gasteiger partial charge in [0.05, 0.1) is 23.3 Å². The Morgan fingerprint density at radius 3 is 2.94 bits per heavy atom. The molecule has 2 aromatic rings. The number of nitrogens with one attached hydrogen (secondary N) is 2. The normalized spacial score (nSPS) is 18.8. The van der Waals surface area contributed by atoms with E-state index in [1.165, 1.54) is 0 Å². The lowest BCUT2D eigenvalue weighted by atomic mass is 10.1. The fraction of sp³-hybridized carbons (Fsp3) is 0.360. The first-order chi connectivity index (χ1) is 15.7. The van der Waals surface area contributed by atoms with Crippen LogP contribution in [0.3, 0.4) is 0 Å². The zero-order valence-corrected chi connectivity index (χ0v) is 18.5. The van der Waals surface area contributed by atoms with Crippen LogP contribution in [-0.2, 0) is 11.3 Å². The van der Waals surface area contributed by atoms with Crippen molar-refractivity contribution >= 4 is 28.2 Å². The molecule has 0 atom stereocenters. The van der Waals surface area contributed by atoms with E-state index in [1.54, 1.807) is 12.2 Å². The van der Waals surface area contributed by atoms with E-state index in [2.05, 4.69) is 34.2 Å². The molecular formula is C25H30FN5O. The number of alkyl halides is 1. The molecule has 0 radical (unpaired) electrons. The highest BCUT2D eigenvalue weighted by molar-refractivity contribution is 6.25. The summed E-state index contributed by atoms with van der Waals surface area (Å²) in [7, 11) is 0. The van der Waals surface area contributed by atoms with Crippen LogP contribution in [0.25, 0.3) is 16.6 Å². The van der Waals surface area contributed by atoms with Crippen molar-refractivity contribution < 1.29 is 9.18 Å². The largest absolute Gasteiger partial charge is 0.370 e. The number of aromatic nitrogens is 2. The monoisotopic (exact) mass is 435 g/mol. The molecule has 0 saturated carbocycles. The third kappa shape index (κ3) is 4.25. The van der Waals surface area contributed by atoms with Crippen LogP contribution in [0.15, 0.2) is 60.4 Å². The lowest BCUT2D eigenvalue weighted by molar-refractivity contribution is -0.114. The summed E-state index contributed by atoms with van der Waals surface area (Å²) in [5.41, 5.74) is 4.86. The SMILES string of the molecule is C=C/C=C\C1=C(c2nc3cc(N4CCCNCC4)ccc3n2CCCF)C(=O)N/C1=C/C. The molecule has 1 aromatic carbocycles. The number of halogens is 1. The van der Waals surface area contributed by atoms with Crippen LogP contribution in [0.1, 0.15) is 25.6 Å². The van der Waals surface area contributed by atoms with E-state index in [0.717, 1.165) is 60.6 Å². The van der Waals surface area contributed by atoms with E-state index in [0.29, 0.717) is 24.4 Å². The number of hydrogen-bond acceptors (Lipinski definition) is 4. The van der Waals surface area contributed by atoms with Crippen molar-refractivity contribution in [3.63, 3.8) is 0 Å². The number of amides is 1. The number of fused-ring (bicyclic) bond motifs is 1. The second-order valence-corrected chi connectivity index (χ2v) is 7.93. The van der Waals surface area contributed by atoms with E-state index in [4.69, 9.17) is 4.98 Å². The predicted octanol–water partition coefficient (Wildman–Crippen LogP) is 3.73. The van der Waals surface area contributed by atoms with Gasteiger partial charge in [-0.1, -0.05) is 30.9 Å². The number of nitrogens with zero attached hydrogens (tertiary/aromatic N) is 3. The van der Waals surface area contributed by atoms with Gasteiger partial charge in [0.25, 0.3) is 5.91 Å². The zero-order valence-electron chi connectivity index (χ0n) is 18.5. The maximum atomic E-state index is 13.1. The summed E-state index contributed by atoms with van der Waals surface area (Å²) in [6.45, 7) is 9.56. The Balaban J connectivity index is 1.86. The van der Waals surface area contributed by atoms with Crippen LogP contribution < -0.4 is 15.5 Å². The highest BCUT2D eigenvalue weighted by atomic mass is 19.1. The topological polar surface area (TPSA) is 62.2 Å². The molecule has 2 aliphatic heterocycles. The van der Waals surface area contributed by atoms with Crippen LogP contribution in [0, 0.1) is 0 Å². The van der Waals surface area contributed by atoms with Gasteiger partial charge in [-0.2, -0.15) is 0 Å². The lowest BCUT2D eigenvalue weighted by Gasteiger charge is -2.22. The minimum absolute atomic E-state index is 0.197. The fourth-order valence-corrected chi connectivity index (χ4v) is 4.35. The van der Waals surface area contributed by atoms with E-state index in [-0.39, 0.29) is 5.91 Å². The molecular weight excluding hydrogens is 405 g/mol. The Labute approximate surface area is 188 Å². The average Bonchev–Trinajstić information content (AvgIpc) is 3.16. The van der Waals surface area contributed by atoms with Crippen LogP contribution in [0.4, 0.5) is 10.1 Å². The van der Waals surface area contributed by atoms with E-state index < -0.39 is 6.67 Å². The Kier molecular flexibility index (Phi) is 6.85. The van der Waals surface area contributed by atoms with Gasteiger partial charge in [0.1, 0.15) is 5.82 Å². The molecule has 0 bridgehead atoms. The third-order valence-electron chi connectivity index (χ3n) is 5.90. The van der Waals surface area contributed by atoms with Gasteiger partial charge in [-0.25, -0.2) is 4.98 Å². The summed E-state index contributed by atoms with van der Waals surface area (Å²) in [6.07, 6.45) is 8.67. The molecule has 1 saturated heterocycles. The summed E-state index contributed by atoms with van der Waals surface area (Å²) in [5, 5.41) is 6.36. The van der Waals surface area contributed by atoms with Gasteiger partial charge >= 0.3 is 0 Å². The Bertz CT molecular complexity index is 1100. The van der Waals surface area contributed by atoms with E-state index in [1.807, 2.05) is 29.7 Å². The lowest BCUT2D eigenvalue weighted by Crippen LogP contribution is -2.27. The quantitative estimate of drug-likeness (QED) is 0.651. The number of hydrogen-bond donors (Lipinski definition) is 2. The molecule has 3 heterocycles. The molecule has 1 fully saturated rings. The Hall–Kier alpha value is -3.19. The molecule has 0 aliphatic carbocycles. The van der Waals surface area contributed by atoms with E-state index in [9.17, 15) is 9.18 Å². The molecule has 0 spiro atoms. The van der Waals surface area contributed by atoms with Gasteiger partial charge in [-0.3, -0.25) is 9.18 Å². The molecule has 6 nitrogen and oxygen atoms in total. The number of anilines is 1. The number of aryl methyl sites for hydroxylation is 1. The number of imidazole rings is 1. The molecule has 32 heavy (non-hydrogen) atoms. The van der Waals surface area contributed by atoms with Crippen molar-refractivity contribution in [3.8, 4) is 0 Å². The summed E-state index contributed by atoms with van der Waals surface area (Å²) in [5.74, 6) is 0.374. The summed E-state index contributed by atoms with van der Waals surface area (Å²) < 4.78 is 15.1. The smallest absolute Gasteiger partial charge is 0.260 e. The Morgan fingerprint density at radius 1 is 1.28 bits per heavy atom. The number of allylic oxidation sites excluding steroid dienone is 4. The van der Waals surface area contributed by atoms with Gasteiger partial charge in [-0.05, 0) is 44.5 Å². The molecule has 0 unspecified atom stereocenters. The fourth-order valence-electron chi connectivity index (χ4n) is 4.35. The standard InChI is InChI=1S/C25H30FN5O/c1-3-5-8-19-20(4-2)29-25(32)23(19)24-28-21-17-18(30-14-7-12-27-13-16-30)9-10-22(21)31(24)15-6-11-26/h3-5,8-10,17,27H,1,6-7,11-16H2,2H3,(H,29,32)/b8-5-,20-4+. The number of benzene rings is 1. The molecule has 1 aromatic heterocycles. The second kappa shape index (κ2) is 9.96. The van der Waals surface area contributed by atoms with Crippen molar-refractivity contribution in [3.05, 3.63) is 66.2 Å². The Morgan fingerprint density at radius 2 is 2.16 bits per heavy atom. The van der Waals surface area contributed by atoms with Crippen molar-refractivity contribution in [2.75, 3.05) is 37.8 Å². The van der Waals surface area contributed by atoms with Crippen LogP contribution in [-0.4, -0.2) is 48.3 Å². The first-order valence-corrected chi connectivity index (χ1v) is 11.2. The van der Waals surface area contributed by atoms with Crippen LogP contribution in [0.5, 0.6) is 0 Å². The maximum Gasteiger partial charge on any atom is 0.260 e. The van der Waals surface area contributed by atoms with Gasteiger partial charge in [-0.15, -0.1) is 0 Å². The molecule has 7 heteroatoms. The maximum absolute atomic E-state index is 13.1. The van der Waals surface area contributed by atoms with Crippen LogP contribution >= 0.6 is 0 Å². The highest BCUT2D eigenvalue weighted by Gasteiger charge is 2.30. The van der Waals surface area contributed by atoms with Crippen molar-refractivity contribution in [2.45, 2.75) is 26.3 Å². The zero-order chi connectivity index (χ0) is 22.5. The average molecular weight is 436 g/mol.